The molecule has 2 aromatic rings. The van der Waals surface area contributed by atoms with Gasteiger partial charge in [-0.3, -0.25) is 4.79 Å². The molecule has 0 bridgehead atoms. The highest BCUT2D eigenvalue weighted by atomic mass is 35.5. The van der Waals surface area contributed by atoms with Gasteiger partial charge >= 0.3 is 0 Å². The Balaban J connectivity index is 2.15. The molecule has 21 heavy (non-hydrogen) atoms. The normalized spacial score (nSPS) is 11.1. The zero-order valence-electron chi connectivity index (χ0n) is 12.4. The van der Waals surface area contributed by atoms with E-state index in [1.54, 1.807) is 11.0 Å². The number of carbonyl (C=O) groups is 1. The summed E-state index contributed by atoms with van der Waals surface area (Å²) >= 11 is 5.90. The smallest absolute Gasteiger partial charge is 0.259 e. The van der Waals surface area contributed by atoms with E-state index in [9.17, 15) is 4.79 Å². The zero-order valence-corrected chi connectivity index (χ0v) is 13.2. The maximum Gasteiger partial charge on any atom is 0.259 e. The van der Waals surface area contributed by atoms with Gasteiger partial charge in [0.1, 0.15) is 11.5 Å². The van der Waals surface area contributed by atoms with Gasteiger partial charge in [0.15, 0.2) is 0 Å². The van der Waals surface area contributed by atoms with Crippen LogP contribution in [0.4, 0.5) is 0 Å². The number of likely N-dealkylation sites (N-methyl/N-ethyl adjacent to an activating group) is 1. The SMILES string of the molecule is Cc1ccc(CN(CCN(C)C)C(=O)c2ccoc2Cl)o1. The van der Waals surface area contributed by atoms with Gasteiger partial charge in [-0.2, -0.15) is 0 Å². The molecule has 114 valence electrons. The highest BCUT2D eigenvalue weighted by molar-refractivity contribution is 6.32. The summed E-state index contributed by atoms with van der Waals surface area (Å²) in [6, 6.07) is 5.34. The fraction of sp³-hybridized carbons (Fsp3) is 0.400. The zero-order chi connectivity index (χ0) is 15.4. The first-order valence-corrected chi connectivity index (χ1v) is 7.07. The molecule has 0 saturated carbocycles. The van der Waals surface area contributed by atoms with Crippen LogP contribution in [-0.4, -0.2) is 42.9 Å². The van der Waals surface area contributed by atoms with Crippen molar-refractivity contribution < 1.29 is 13.6 Å². The van der Waals surface area contributed by atoms with E-state index < -0.39 is 0 Å². The van der Waals surface area contributed by atoms with E-state index in [4.69, 9.17) is 20.4 Å². The fourth-order valence-corrected chi connectivity index (χ4v) is 2.14. The Morgan fingerprint density at radius 2 is 2.00 bits per heavy atom. The second kappa shape index (κ2) is 6.83. The topological polar surface area (TPSA) is 49.8 Å². The number of aryl methyl sites for hydroxylation is 1. The second-order valence-electron chi connectivity index (χ2n) is 5.15. The monoisotopic (exact) mass is 310 g/mol. The van der Waals surface area contributed by atoms with Crippen molar-refractivity contribution in [2.24, 2.45) is 0 Å². The van der Waals surface area contributed by atoms with Crippen LogP contribution in [0.3, 0.4) is 0 Å². The van der Waals surface area contributed by atoms with Crippen LogP contribution in [0.1, 0.15) is 21.9 Å². The minimum absolute atomic E-state index is 0.116. The summed E-state index contributed by atoms with van der Waals surface area (Å²) in [4.78, 5) is 16.3. The Bertz CT molecular complexity index is 604. The second-order valence-corrected chi connectivity index (χ2v) is 5.49. The molecule has 0 atom stereocenters. The van der Waals surface area contributed by atoms with Crippen LogP contribution in [0.5, 0.6) is 0 Å². The first-order valence-electron chi connectivity index (χ1n) is 6.69. The van der Waals surface area contributed by atoms with Gasteiger partial charge in [0.2, 0.25) is 5.22 Å². The largest absolute Gasteiger partial charge is 0.464 e. The summed E-state index contributed by atoms with van der Waals surface area (Å²) in [7, 11) is 3.93. The number of hydrogen-bond donors (Lipinski definition) is 0. The molecule has 5 nitrogen and oxygen atoms in total. The predicted octanol–water partition coefficient (Wildman–Crippen LogP) is 3.04. The highest BCUT2D eigenvalue weighted by Crippen LogP contribution is 2.20. The highest BCUT2D eigenvalue weighted by Gasteiger charge is 2.21. The van der Waals surface area contributed by atoms with E-state index in [0.717, 1.165) is 18.1 Å². The fourth-order valence-electron chi connectivity index (χ4n) is 1.95. The van der Waals surface area contributed by atoms with Gasteiger partial charge in [-0.25, -0.2) is 0 Å². The molecule has 0 unspecified atom stereocenters. The molecule has 2 aromatic heterocycles. The quantitative estimate of drug-likeness (QED) is 0.823. The lowest BCUT2D eigenvalue weighted by Gasteiger charge is -2.23. The lowest BCUT2D eigenvalue weighted by Crippen LogP contribution is -2.36. The standard InChI is InChI=1S/C15H19ClN2O3/c1-11-4-5-12(21-11)10-18(8-7-17(2)3)15(19)13-6-9-20-14(13)16/h4-6,9H,7-8,10H2,1-3H3. The summed E-state index contributed by atoms with van der Waals surface area (Å²) in [5.74, 6) is 1.41. The van der Waals surface area contributed by atoms with Gasteiger partial charge in [0, 0.05) is 13.1 Å². The van der Waals surface area contributed by atoms with E-state index in [1.165, 1.54) is 6.26 Å². The molecule has 0 aliphatic heterocycles. The van der Waals surface area contributed by atoms with Crippen LogP contribution < -0.4 is 0 Å². The van der Waals surface area contributed by atoms with Crippen LogP contribution in [0, 0.1) is 6.92 Å². The van der Waals surface area contributed by atoms with Crippen molar-refractivity contribution in [1.29, 1.82) is 0 Å². The molecular weight excluding hydrogens is 292 g/mol. The minimum Gasteiger partial charge on any atom is -0.464 e. The molecular formula is C15H19ClN2O3. The molecule has 0 aliphatic carbocycles. The lowest BCUT2D eigenvalue weighted by molar-refractivity contribution is 0.0718. The average molecular weight is 311 g/mol. The maximum atomic E-state index is 12.6. The summed E-state index contributed by atoms with van der Waals surface area (Å²) in [5.41, 5.74) is 0.374. The van der Waals surface area contributed by atoms with Crippen LogP contribution in [0.2, 0.25) is 5.22 Å². The number of rotatable bonds is 6. The third-order valence-corrected chi connectivity index (χ3v) is 3.39. The lowest BCUT2D eigenvalue weighted by atomic mass is 10.2. The van der Waals surface area contributed by atoms with Gasteiger partial charge in [-0.1, -0.05) is 0 Å². The molecule has 1 amide bonds. The number of carbonyl (C=O) groups excluding carboxylic acids is 1. The number of nitrogens with zero attached hydrogens (tertiary/aromatic N) is 2. The first kappa shape index (κ1) is 15.7. The van der Waals surface area contributed by atoms with Gasteiger partial charge in [0.25, 0.3) is 5.91 Å². The molecule has 0 fully saturated rings. The average Bonchev–Trinajstić information content (AvgIpc) is 3.02. The first-order chi connectivity index (χ1) is 9.97. The molecule has 2 rings (SSSR count). The summed E-state index contributed by atoms with van der Waals surface area (Å²) in [6.45, 7) is 3.61. The van der Waals surface area contributed by atoms with Crippen molar-refractivity contribution in [2.75, 3.05) is 27.2 Å². The third kappa shape index (κ3) is 4.12. The Morgan fingerprint density at radius 3 is 2.52 bits per heavy atom. The number of halogens is 1. The van der Waals surface area contributed by atoms with Crippen LogP contribution in [0.15, 0.2) is 33.3 Å². The minimum atomic E-state index is -0.162. The molecule has 0 N–H and O–H groups in total. The van der Waals surface area contributed by atoms with Crippen molar-refractivity contribution in [2.45, 2.75) is 13.5 Å². The van der Waals surface area contributed by atoms with Gasteiger partial charge in [0.05, 0.1) is 18.4 Å². The van der Waals surface area contributed by atoms with Crippen molar-refractivity contribution >= 4 is 17.5 Å². The van der Waals surface area contributed by atoms with Crippen molar-refractivity contribution in [3.8, 4) is 0 Å². The van der Waals surface area contributed by atoms with E-state index in [-0.39, 0.29) is 11.1 Å². The summed E-state index contributed by atoms with van der Waals surface area (Å²) < 4.78 is 10.6. The van der Waals surface area contributed by atoms with Crippen LogP contribution in [0.25, 0.3) is 0 Å². The maximum absolute atomic E-state index is 12.6. The summed E-state index contributed by atoms with van der Waals surface area (Å²) in [5, 5.41) is 0.116. The Hall–Kier alpha value is -1.72. The molecule has 0 saturated heterocycles. The van der Waals surface area contributed by atoms with Crippen LogP contribution >= 0.6 is 11.6 Å². The van der Waals surface area contributed by atoms with Crippen molar-refractivity contribution in [3.63, 3.8) is 0 Å². The van der Waals surface area contributed by atoms with E-state index in [0.29, 0.717) is 18.7 Å². The van der Waals surface area contributed by atoms with Crippen LogP contribution in [-0.2, 0) is 6.54 Å². The molecule has 0 spiro atoms. The number of furan rings is 2. The number of hydrogen-bond acceptors (Lipinski definition) is 4. The Kier molecular flexibility index (Phi) is 5.09. The van der Waals surface area contributed by atoms with E-state index >= 15 is 0 Å². The number of amides is 1. The van der Waals surface area contributed by atoms with Gasteiger partial charge < -0.3 is 18.6 Å². The molecule has 6 heteroatoms. The predicted molar refractivity (Wildman–Crippen MR) is 80.5 cm³/mol. The van der Waals surface area contributed by atoms with Crippen molar-refractivity contribution in [1.82, 2.24) is 9.80 Å². The van der Waals surface area contributed by atoms with E-state index in [2.05, 4.69) is 0 Å². The third-order valence-electron chi connectivity index (χ3n) is 3.10. The van der Waals surface area contributed by atoms with E-state index in [1.807, 2.05) is 38.1 Å². The summed E-state index contributed by atoms with van der Waals surface area (Å²) in [6.07, 6.45) is 1.41. The molecule has 0 radical (unpaired) electrons. The Labute approximate surface area is 129 Å². The molecule has 0 aromatic carbocycles. The molecule has 0 aliphatic rings. The van der Waals surface area contributed by atoms with Gasteiger partial charge in [-0.15, -0.1) is 0 Å². The molecule has 2 heterocycles. The van der Waals surface area contributed by atoms with Crippen molar-refractivity contribution in [3.05, 3.63) is 46.8 Å². The Morgan fingerprint density at radius 1 is 1.24 bits per heavy atom. The van der Waals surface area contributed by atoms with Gasteiger partial charge in [-0.05, 0) is 50.8 Å².